The van der Waals surface area contributed by atoms with Crippen molar-refractivity contribution in [1.29, 1.82) is 0 Å². The van der Waals surface area contributed by atoms with Crippen LogP contribution in [0.3, 0.4) is 0 Å². The van der Waals surface area contributed by atoms with E-state index in [2.05, 4.69) is 5.32 Å². The van der Waals surface area contributed by atoms with Gasteiger partial charge < -0.3 is 10.2 Å². The molecule has 0 radical (unpaired) electrons. The first-order valence-corrected chi connectivity index (χ1v) is 14.7. The standard InChI is InChI=1S/C29H33Cl2N3O4S/c1-5-25(28(36)32-29(2,3)4)33(19-21-15-17-22(30)18-16-21)27(35)20-34(26-14-10-9-13-24(26)31)39(37,38)23-11-7-6-8-12-23/h6-18,25H,5,19-20H2,1-4H3,(H,32,36)/t25-/m1/s1. The zero-order valence-electron chi connectivity index (χ0n) is 22.4. The fourth-order valence-corrected chi connectivity index (χ4v) is 5.91. The van der Waals surface area contributed by atoms with Crippen molar-refractivity contribution in [1.82, 2.24) is 10.2 Å². The largest absolute Gasteiger partial charge is 0.350 e. The van der Waals surface area contributed by atoms with E-state index in [1.807, 2.05) is 27.7 Å². The lowest BCUT2D eigenvalue weighted by Crippen LogP contribution is -2.55. The smallest absolute Gasteiger partial charge is 0.264 e. The molecule has 0 fully saturated rings. The Balaban J connectivity index is 2.07. The van der Waals surface area contributed by atoms with Crippen LogP contribution >= 0.6 is 23.2 Å². The molecular formula is C29H33Cl2N3O4S. The van der Waals surface area contributed by atoms with Crippen LogP contribution in [0.4, 0.5) is 5.69 Å². The number of amides is 2. The Kier molecular flexibility index (Phi) is 10.0. The van der Waals surface area contributed by atoms with Gasteiger partial charge in [0.15, 0.2) is 0 Å². The predicted octanol–water partition coefficient (Wildman–Crippen LogP) is 5.91. The molecular weight excluding hydrogens is 557 g/mol. The fraction of sp³-hybridized carbons (Fsp3) is 0.310. The normalized spacial score (nSPS) is 12.5. The van der Waals surface area contributed by atoms with Crippen molar-refractivity contribution in [3.63, 3.8) is 0 Å². The molecule has 0 unspecified atom stereocenters. The molecule has 0 saturated carbocycles. The zero-order valence-corrected chi connectivity index (χ0v) is 24.7. The molecule has 0 spiro atoms. The van der Waals surface area contributed by atoms with E-state index in [0.717, 1.165) is 9.87 Å². The van der Waals surface area contributed by atoms with Gasteiger partial charge in [0.05, 0.1) is 15.6 Å². The van der Waals surface area contributed by atoms with Gasteiger partial charge in [0.2, 0.25) is 11.8 Å². The SMILES string of the molecule is CC[C@H](C(=O)NC(C)(C)C)N(Cc1ccc(Cl)cc1)C(=O)CN(c1ccccc1Cl)S(=O)(=O)c1ccccc1. The number of benzene rings is 3. The average molecular weight is 591 g/mol. The van der Waals surface area contributed by atoms with E-state index in [9.17, 15) is 18.0 Å². The van der Waals surface area contributed by atoms with E-state index < -0.39 is 34.1 Å². The van der Waals surface area contributed by atoms with Gasteiger partial charge in [-0.05, 0) is 69.2 Å². The summed E-state index contributed by atoms with van der Waals surface area (Å²) in [4.78, 5) is 28.8. The minimum absolute atomic E-state index is 0.0134. The maximum atomic E-state index is 14.0. The van der Waals surface area contributed by atoms with Crippen LogP contribution in [0.15, 0.2) is 83.8 Å². The molecule has 1 N–H and O–H groups in total. The Morgan fingerprint density at radius 3 is 2.05 bits per heavy atom. The van der Waals surface area contributed by atoms with Crippen LogP contribution in [0.5, 0.6) is 0 Å². The predicted molar refractivity (Wildman–Crippen MR) is 156 cm³/mol. The van der Waals surface area contributed by atoms with Crippen molar-refractivity contribution in [3.8, 4) is 0 Å². The van der Waals surface area contributed by atoms with Crippen molar-refractivity contribution in [2.24, 2.45) is 0 Å². The summed E-state index contributed by atoms with van der Waals surface area (Å²) >= 11 is 12.5. The first-order chi connectivity index (χ1) is 18.3. The van der Waals surface area contributed by atoms with E-state index in [4.69, 9.17) is 23.2 Å². The molecule has 0 aliphatic heterocycles. The lowest BCUT2D eigenvalue weighted by atomic mass is 10.1. The highest BCUT2D eigenvalue weighted by Gasteiger charge is 2.35. The molecule has 2 amide bonds. The number of nitrogens with one attached hydrogen (secondary N) is 1. The fourth-order valence-electron chi connectivity index (χ4n) is 4.05. The molecule has 208 valence electrons. The second-order valence-corrected chi connectivity index (χ2v) is 12.8. The van der Waals surface area contributed by atoms with E-state index in [1.165, 1.54) is 17.0 Å². The van der Waals surface area contributed by atoms with Crippen molar-refractivity contribution < 1.29 is 18.0 Å². The molecule has 0 saturated heterocycles. The van der Waals surface area contributed by atoms with Crippen LogP contribution in [0.25, 0.3) is 0 Å². The molecule has 0 aromatic heterocycles. The van der Waals surface area contributed by atoms with Crippen LogP contribution in [0, 0.1) is 0 Å². The number of carbonyl (C=O) groups excluding carboxylic acids is 2. The van der Waals surface area contributed by atoms with Gasteiger partial charge >= 0.3 is 0 Å². The summed E-state index contributed by atoms with van der Waals surface area (Å²) in [5.74, 6) is -0.886. The van der Waals surface area contributed by atoms with Gasteiger partial charge in [-0.2, -0.15) is 0 Å². The molecule has 39 heavy (non-hydrogen) atoms. The highest BCUT2D eigenvalue weighted by molar-refractivity contribution is 7.92. The summed E-state index contributed by atoms with van der Waals surface area (Å²) in [6.07, 6.45) is 0.318. The second-order valence-electron chi connectivity index (χ2n) is 10.1. The van der Waals surface area contributed by atoms with Crippen LogP contribution in [0.2, 0.25) is 10.0 Å². The number of hydrogen-bond acceptors (Lipinski definition) is 4. The average Bonchev–Trinajstić information content (AvgIpc) is 2.88. The Hall–Kier alpha value is -3.07. The minimum atomic E-state index is -4.18. The molecule has 3 rings (SSSR count). The number of carbonyl (C=O) groups is 2. The molecule has 0 aliphatic carbocycles. The van der Waals surface area contributed by atoms with Gasteiger partial charge in [-0.15, -0.1) is 0 Å². The first kappa shape index (κ1) is 30.5. The highest BCUT2D eigenvalue weighted by Crippen LogP contribution is 2.31. The maximum Gasteiger partial charge on any atom is 0.264 e. The topological polar surface area (TPSA) is 86.8 Å². The lowest BCUT2D eigenvalue weighted by Gasteiger charge is -2.35. The monoisotopic (exact) mass is 589 g/mol. The summed E-state index contributed by atoms with van der Waals surface area (Å²) in [6.45, 7) is 6.89. The number of rotatable bonds is 10. The Bertz CT molecular complexity index is 1390. The number of sulfonamides is 1. The van der Waals surface area contributed by atoms with Crippen LogP contribution in [-0.2, 0) is 26.2 Å². The molecule has 0 aliphatic rings. The molecule has 0 bridgehead atoms. The number of hydrogen-bond donors (Lipinski definition) is 1. The van der Waals surface area contributed by atoms with Gasteiger partial charge in [-0.25, -0.2) is 8.42 Å². The van der Waals surface area contributed by atoms with Gasteiger partial charge in [0.1, 0.15) is 12.6 Å². The maximum absolute atomic E-state index is 14.0. The van der Waals surface area contributed by atoms with Crippen LogP contribution < -0.4 is 9.62 Å². The number of halogens is 2. The third-order valence-electron chi connectivity index (χ3n) is 5.88. The first-order valence-electron chi connectivity index (χ1n) is 12.5. The second kappa shape index (κ2) is 12.9. The number of nitrogens with zero attached hydrogens (tertiary/aromatic N) is 2. The van der Waals surface area contributed by atoms with Crippen LogP contribution in [-0.4, -0.2) is 43.3 Å². The van der Waals surface area contributed by atoms with Gasteiger partial charge in [-0.1, -0.05) is 72.6 Å². The zero-order chi connectivity index (χ0) is 28.8. The molecule has 10 heteroatoms. The summed E-state index contributed by atoms with van der Waals surface area (Å²) in [6, 6.07) is 20.4. The molecule has 1 atom stereocenters. The molecule has 7 nitrogen and oxygen atoms in total. The number of para-hydroxylation sites is 1. The third-order valence-corrected chi connectivity index (χ3v) is 8.23. The Morgan fingerprint density at radius 2 is 1.49 bits per heavy atom. The molecule has 3 aromatic rings. The lowest BCUT2D eigenvalue weighted by molar-refractivity contribution is -0.141. The van der Waals surface area contributed by atoms with E-state index >= 15 is 0 Å². The van der Waals surface area contributed by atoms with Gasteiger partial charge in [-0.3, -0.25) is 13.9 Å². The summed E-state index contributed by atoms with van der Waals surface area (Å²) in [5.41, 5.74) is 0.375. The molecule has 3 aromatic carbocycles. The highest BCUT2D eigenvalue weighted by atomic mass is 35.5. The third kappa shape index (κ3) is 7.97. The van der Waals surface area contributed by atoms with Crippen LogP contribution in [0.1, 0.15) is 39.7 Å². The van der Waals surface area contributed by atoms with Crippen molar-refractivity contribution in [2.45, 2.75) is 57.1 Å². The van der Waals surface area contributed by atoms with E-state index in [-0.39, 0.29) is 28.1 Å². The number of anilines is 1. The van der Waals surface area contributed by atoms with Gasteiger partial charge in [0, 0.05) is 17.1 Å². The van der Waals surface area contributed by atoms with Crippen molar-refractivity contribution >= 4 is 50.7 Å². The van der Waals surface area contributed by atoms with Crippen molar-refractivity contribution in [2.75, 3.05) is 10.8 Å². The summed E-state index contributed by atoms with van der Waals surface area (Å²) < 4.78 is 28.6. The Labute approximate surface area is 240 Å². The summed E-state index contributed by atoms with van der Waals surface area (Å²) in [5, 5.41) is 3.65. The minimum Gasteiger partial charge on any atom is -0.350 e. The van der Waals surface area contributed by atoms with Gasteiger partial charge in [0.25, 0.3) is 10.0 Å². The van der Waals surface area contributed by atoms with Crippen molar-refractivity contribution in [3.05, 3.63) is 94.5 Å². The van der Waals surface area contributed by atoms with E-state index in [1.54, 1.807) is 66.7 Å². The van der Waals surface area contributed by atoms with E-state index in [0.29, 0.717) is 11.4 Å². The molecule has 0 heterocycles. The quantitative estimate of drug-likeness (QED) is 0.318. The summed E-state index contributed by atoms with van der Waals surface area (Å²) in [7, 11) is -4.18. The Morgan fingerprint density at radius 1 is 0.897 bits per heavy atom.